The van der Waals surface area contributed by atoms with E-state index in [0.717, 1.165) is 54.4 Å². The smallest absolute Gasteiger partial charge is 0.310 e. The summed E-state index contributed by atoms with van der Waals surface area (Å²) in [6, 6.07) is 14.1. The summed E-state index contributed by atoms with van der Waals surface area (Å²) >= 11 is 0. The molecule has 4 rings (SSSR count). The van der Waals surface area contributed by atoms with Crippen molar-refractivity contribution in [1.82, 2.24) is 0 Å². The molecule has 1 aliphatic heterocycles. The molecule has 0 bridgehead atoms. The molecule has 4 nitrogen and oxygen atoms in total. The Morgan fingerprint density at radius 2 is 1.65 bits per heavy atom. The van der Waals surface area contributed by atoms with Crippen molar-refractivity contribution in [2.75, 3.05) is 13.2 Å². The SMILES string of the molecule is CCc1cc(C)cc(CC)c1C1=C(CC(=O)OCc2ccccc2)CC2(CCOCC2)CC1=O. The van der Waals surface area contributed by atoms with Gasteiger partial charge in [0.05, 0.1) is 6.42 Å². The van der Waals surface area contributed by atoms with Gasteiger partial charge in [0.2, 0.25) is 0 Å². The predicted molar refractivity (Wildman–Crippen MR) is 134 cm³/mol. The van der Waals surface area contributed by atoms with Crippen LogP contribution in [0.3, 0.4) is 0 Å². The van der Waals surface area contributed by atoms with E-state index in [0.29, 0.717) is 19.6 Å². The third kappa shape index (κ3) is 5.33. The number of rotatable bonds is 7. The van der Waals surface area contributed by atoms with E-state index < -0.39 is 0 Å². The topological polar surface area (TPSA) is 52.6 Å². The number of carbonyl (C=O) groups excluding carboxylic acids is 2. The van der Waals surface area contributed by atoms with Crippen LogP contribution in [0, 0.1) is 12.3 Å². The molecule has 0 aromatic heterocycles. The van der Waals surface area contributed by atoms with Gasteiger partial charge in [0.1, 0.15) is 6.61 Å². The number of benzene rings is 2. The number of allylic oxidation sites excluding steroid dienone is 1. The molecular weight excluding hydrogens is 424 g/mol. The van der Waals surface area contributed by atoms with E-state index in [1.54, 1.807) is 0 Å². The summed E-state index contributed by atoms with van der Waals surface area (Å²) in [6.45, 7) is 8.00. The quantitative estimate of drug-likeness (QED) is 0.464. The first-order valence-corrected chi connectivity index (χ1v) is 12.6. The van der Waals surface area contributed by atoms with E-state index in [4.69, 9.17) is 9.47 Å². The Labute approximate surface area is 203 Å². The van der Waals surface area contributed by atoms with E-state index in [-0.39, 0.29) is 30.2 Å². The minimum Gasteiger partial charge on any atom is -0.461 e. The van der Waals surface area contributed by atoms with Gasteiger partial charge < -0.3 is 9.47 Å². The number of Topliss-reactive ketones (excluding diaryl/α,β-unsaturated/α-hetero) is 1. The highest BCUT2D eigenvalue weighted by Crippen LogP contribution is 2.49. The van der Waals surface area contributed by atoms with Crippen molar-refractivity contribution in [3.05, 3.63) is 75.9 Å². The van der Waals surface area contributed by atoms with Crippen LogP contribution in [0.15, 0.2) is 48.0 Å². The number of ketones is 1. The molecule has 1 spiro atoms. The molecule has 0 amide bonds. The van der Waals surface area contributed by atoms with Crippen LogP contribution in [0.5, 0.6) is 0 Å². The third-order valence-corrected chi connectivity index (χ3v) is 7.37. The van der Waals surface area contributed by atoms with Gasteiger partial charge in [0, 0.05) is 25.2 Å². The van der Waals surface area contributed by atoms with Crippen molar-refractivity contribution >= 4 is 17.3 Å². The molecule has 0 atom stereocenters. The second-order valence-electron chi connectivity index (χ2n) is 9.86. The Balaban J connectivity index is 1.72. The maximum Gasteiger partial charge on any atom is 0.310 e. The van der Waals surface area contributed by atoms with Crippen LogP contribution in [0.4, 0.5) is 0 Å². The molecule has 1 aliphatic carbocycles. The van der Waals surface area contributed by atoms with Crippen molar-refractivity contribution in [1.29, 1.82) is 0 Å². The number of hydrogen-bond acceptors (Lipinski definition) is 4. The van der Waals surface area contributed by atoms with Gasteiger partial charge in [0.25, 0.3) is 0 Å². The highest BCUT2D eigenvalue weighted by molar-refractivity contribution is 6.23. The highest BCUT2D eigenvalue weighted by atomic mass is 16.5. The monoisotopic (exact) mass is 460 g/mol. The first kappa shape index (κ1) is 24.4. The minimum atomic E-state index is -0.267. The zero-order chi connectivity index (χ0) is 24.1. The predicted octanol–water partition coefficient (Wildman–Crippen LogP) is 6.17. The first-order chi connectivity index (χ1) is 16.4. The van der Waals surface area contributed by atoms with Crippen molar-refractivity contribution in [3.8, 4) is 0 Å². The lowest BCUT2D eigenvalue weighted by Crippen LogP contribution is -2.36. The molecule has 0 saturated carbocycles. The van der Waals surface area contributed by atoms with Gasteiger partial charge in [-0.2, -0.15) is 0 Å². The molecule has 1 heterocycles. The van der Waals surface area contributed by atoms with Gasteiger partial charge in [-0.3, -0.25) is 9.59 Å². The van der Waals surface area contributed by atoms with Crippen molar-refractivity contribution in [3.63, 3.8) is 0 Å². The second kappa shape index (κ2) is 10.7. The molecule has 0 N–H and O–H groups in total. The Bertz CT molecular complexity index is 1050. The summed E-state index contributed by atoms with van der Waals surface area (Å²) in [5.41, 5.74) is 7.26. The van der Waals surface area contributed by atoms with Crippen molar-refractivity contribution in [2.45, 2.75) is 72.3 Å². The summed E-state index contributed by atoms with van der Waals surface area (Å²) in [6.07, 6.45) is 4.90. The molecule has 2 aliphatic rings. The average molecular weight is 461 g/mol. The van der Waals surface area contributed by atoms with Gasteiger partial charge in [0.15, 0.2) is 5.78 Å². The Hall–Kier alpha value is -2.72. The second-order valence-corrected chi connectivity index (χ2v) is 9.86. The fourth-order valence-electron chi connectivity index (χ4n) is 5.64. The molecule has 2 aromatic rings. The number of aryl methyl sites for hydroxylation is 3. The molecule has 2 aromatic carbocycles. The Kier molecular flexibility index (Phi) is 7.67. The molecular formula is C30H36O4. The zero-order valence-corrected chi connectivity index (χ0v) is 20.7. The molecule has 1 fully saturated rings. The Morgan fingerprint density at radius 3 is 2.26 bits per heavy atom. The van der Waals surface area contributed by atoms with Gasteiger partial charge >= 0.3 is 5.97 Å². The van der Waals surface area contributed by atoms with Crippen molar-refractivity contribution in [2.24, 2.45) is 5.41 Å². The van der Waals surface area contributed by atoms with Crippen LogP contribution >= 0.6 is 0 Å². The van der Waals surface area contributed by atoms with Crippen LogP contribution in [0.2, 0.25) is 0 Å². The highest BCUT2D eigenvalue weighted by Gasteiger charge is 2.42. The summed E-state index contributed by atoms with van der Waals surface area (Å²) in [5.74, 6) is -0.0938. The molecule has 34 heavy (non-hydrogen) atoms. The molecule has 180 valence electrons. The van der Waals surface area contributed by atoms with Crippen LogP contribution in [0.1, 0.15) is 73.8 Å². The largest absolute Gasteiger partial charge is 0.461 e. The summed E-state index contributed by atoms with van der Waals surface area (Å²) in [7, 11) is 0. The maximum atomic E-state index is 13.8. The maximum absolute atomic E-state index is 13.8. The summed E-state index contributed by atoms with van der Waals surface area (Å²) in [5, 5.41) is 0. The number of hydrogen-bond donors (Lipinski definition) is 0. The summed E-state index contributed by atoms with van der Waals surface area (Å²) < 4.78 is 11.3. The van der Waals surface area contributed by atoms with Crippen LogP contribution in [-0.4, -0.2) is 25.0 Å². The number of carbonyl (C=O) groups is 2. The first-order valence-electron chi connectivity index (χ1n) is 12.6. The van der Waals surface area contributed by atoms with Gasteiger partial charge in [-0.05, 0) is 72.3 Å². The van der Waals surface area contributed by atoms with E-state index >= 15 is 0 Å². The van der Waals surface area contributed by atoms with E-state index in [9.17, 15) is 9.59 Å². The number of esters is 1. The standard InChI is InChI=1S/C30H36O4/c1-4-23-15-21(3)16-24(5-2)28(23)29-25(17-27(32)34-20-22-9-7-6-8-10-22)18-30(19-26(29)31)11-13-33-14-12-30/h6-10,15-16H,4-5,11-14,17-20H2,1-3H3. The molecule has 0 radical (unpaired) electrons. The van der Waals surface area contributed by atoms with Crippen molar-refractivity contribution < 1.29 is 19.1 Å². The Morgan fingerprint density at radius 1 is 1.00 bits per heavy atom. The molecule has 1 saturated heterocycles. The fourth-order valence-corrected chi connectivity index (χ4v) is 5.64. The minimum absolute atomic E-state index is 0.0999. The average Bonchev–Trinajstić information content (AvgIpc) is 2.84. The van der Waals surface area contributed by atoms with Gasteiger partial charge in [-0.25, -0.2) is 0 Å². The lowest BCUT2D eigenvalue weighted by molar-refractivity contribution is -0.144. The van der Waals surface area contributed by atoms with Crippen LogP contribution < -0.4 is 0 Å². The zero-order valence-electron chi connectivity index (χ0n) is 20.7. The molecule has 0 unspecified atom stereocenters. The third-order valence-electron chi connectivity index (χ3n) is 7.37. The van der Waals surface area contributed by atoms with E-state index in [1.807, 2.05) is 30.3 Å². The van der Waals surface area contributed by atoms with E-state index in [1.165, 1.54) is 16.7 Å². The van der Waals surface area contributed by atoms with Crippen LogP contribution in [0.25, 0.3) is 5.57 Å². The van der Waals surface area contributed by atoms with Gasteiger partial charge in [-0.15, -0.1) is 0 Å². The van der Waals surface area contributed by atoms with E-state index in [2.05, 4.69) is 32.9 Å². The molecule has 4 heteroatoms. The fraction of sp³-hybridized carbons (Fsp3) is 0.467. The lowest BCUT2D eigenvalue weighted by atomic mass is 9.64. The summed E-state index contributed by atoms with van der Waals surface area (Å²) in [4.78, 5) is 26.8. The number of ether oxygens (including phenoxy) is 2. The normalized spacial score (nSPS) is 17.8. The van der Waals surface area contributed by atoms with Crippen LogP contribution in [-0.2, 0) is 38.5 Å². The van der Waals surface area contributed by atoms with Gasteiger partial charge in [-0.1, -0.05) is 61.9 Å². The lowest BCUT2D eigenvalue weighted by Gasteiger charge is -2.41.